The van der Waals surface area contributed by atoms with Crippen LogP contribution in [0.5, 0.6) is 11.5 Å². The lowest BCUT2D eigenvalue weighted by Gasteiger charge is -2.15. The molecule has 1 heterocycles. The van der Waals surface area contributed by atoms with Gasteiger partial charge in [-0.3, -0.25) is 0 Å². The average Bonchev–Trinajstić information content (AvgIpc) is 2.74. The molecule has 21 heavy (non-hydrogen) atoms. The molecular weight excluding hydrogens is 295 g/mol. The monoisotopic (exact) mass is 308 g/mol. The highest BCUT2D eigenvalue weighted by atomic mass is 35.5. The SMILES string of the molecule is OC(c1ccc2c(c1)OCCCO2)c1cccc(Cl)c1F. The van der Waals surface area contributed by atoms with Crippen LogP contribution in [0, 0.1) is 5.82 Å². The van der Waals surface area contributed by atoms with Gasteiger partial charge in [0, 0.05) is 12.0 Å². The van der Waals surface area contributed by atoms with Gasteiger partial charge in [-0.15, -0.1) is 0 Å². The van der Waals surface area contributed by atoms with Crippen molar-refractivity contribution in [2.75, 3.05) is 13.2 Å². The lowest BCUT2D eigenvalue weighted by atomic mass is 10.0. The number of benzene rings is 2. The van der Waals surface area contributed by atoms with Crippen molar-refractivity contribution in [3.05, 3.63) is 58.4 Å². The lowest BCUT2D eigenvalue weighted by molar-refractivity contribution is 0.214. The summed E-state index contributed by atoms with van der Waals surface area (Å²) in [5, 5.41) is 10.4. The van der Waals surface area contributed by atoms with E-state index in [-0.39, 0.29) is 10.6 Å². The number of rotatable bonds is 2. The highest BCUT2D eigenvalue weighted by Crippen LogP contribution is 2.35. The molecule has 0 saturated heterocycles. The summed E-state index contributed by atoms with van der Waals surface area (Å²) in [7, 11) is 0. The van der Waals surface area contributed by atoms with E-state index >= 15 is 0 Å². The van der Waals surface area contributed by atoms with E-state index in [1.165, 1.54) is 12.1 Å². The van der Waals surface area contributed by atoms with Crippen LogP contribution < -0.4 is 9.47 Å². The molecule has 0 radical (unpaired) electrons. The topological polar surface area (TPSA) is 38.7 Å². The van der Waals surface area contributed by atoms with E-state index in [4.69, 9.17) is 21.1 Å². The molecule has 1 atom stereocenters. The minimum absolute atomic E-state index is 0.0131. The molecule has 0 bridgehead atoms. The minimum Gasteiger partial charge on any atom is -0.490 e. The van der Waals surface area contributed by atoms with E-state index in [0.717, 1.165) is 6.42 Å². The van der Waals surface area contributed by atoms with Crippen LogP contribution in [0.15, 0.2) is 36.4 Å². The average molecular weight is 309 g/mol. The fourth-order valence-corrected chi connectivity index (χ4v) is 2.44. The van der Waals surface area contributed by atoms with Crippen molar-refractivity contribution in [1.29, 1.82) is 0 Å². The molecule has 1 unspecified atom stereocenters. The first-order chi connectivity index (χ1) is 10.2. The van der Waals surface area contributed by atoms with E-state index in [1.807, 2.05) is 0 Å². The van der Waals surface area contributed by atoms with Crippen LogP contribution in [0.3, 0.4) is 0 Å². The number of aliphatic hydroxyl groups is 1. The molecule has 5 heteroatoms. The molecule has 0 aliphatic carbocycles. The smallest absolute Gasteiger partial charge is 0.161 e. The van der Waals surface area contributed by atoms with Crippen molar-refractivity contribution in [2.45, 2.75) is 12.5 Å². The lowest BCUT2D eigenvalue weighted by Crippen LogP contribution is -2.04. The predicted octanol–water partition coefficient (Wildman–Crippen LogP) is 3.72. The summed E-state index contributed by atoms with van der Waals surface area (Å²) in [6.07, 6.45) is -0.309. The number of fused-ring (bicyclic) bond motifs is 1. The van der Waals surface area contributed by atoms with Crippen LogP contribution in [0.2, 0.25) is 5.02 Å². The summed E-state index contributed by atoms with van der Waals surface area (Å²) in [5.41, 5.74) is 0.664. The molecule has 0 spiro atoms. The first-order valence-electron chi connectivity index (χ1n) is 6.68. The normalized spacial score (nSPS) is 15.4. The molecule has 1 N–H and O–H groups in total. The summed E-state index contributed by atoms with van der Waals surface area (Å²) in [6, 6.07) is 9.65. The summed E-state index contributed by atoms with van der Waals surface area (Å²) in [6.45, 7) is 1.15. The zero-order valence-corrected chi connectivity index (χ0v) is 11.9. The summed E-state index contributed by atoms with van der Waals surface area (Å²) < 4.78 is 25.1. The Balaban J connectivity index is 1.96. The number of halogens is 2. The molecule has 1 aliphatic rings. The van der Waals surface area contributed by atoms with Gasteiger partial charge in [0.15, 0.2) is 11.5 Å². The van der Waals surface area contributed by atoms with Crippen LogP contribution in [0.1, 0.15) is 23.7 Å². The number of ether oxygens (including phenoxy) is 2. The third-order valence-electron chi connectivity index (χ3n) is 3.36. The third kappa shape index (κ3) is 2.82. The van der Waals surface area contributed by atoms with Crippen molar-refractivity contribution >= 4 is 11.6 Å². The Morgan fingerprint density at radius 3 is 2.67 bits per heavy atom. The van der Waals surface area contributed by atoms with Crippen molar-refractivity contribution in [1.82, 2.24) is 0 Å². The maximum atomic E-state index is 14.0. The largest absolute Gasteiger partial charge is 0.490 e. The van der Waals surface area contributed by atoms with Gasteiger partial charge in [-0.2, -0.15) is 0 Å². The Morgan fingerprint density at radius 1 is 1.10 bits per heavy atom. The second kappa shape index (κ2) is 5.92. The standard InChI is InChI=1S/C16H14ClFO3/c17-12-4-1-3-11(15(12)18)16(19)10-5-6-13-14(9-10)21-8-2-7-20-13/h1,3-6,9,16,19H,2,7-8H2. The summed E-state index contributed by atoms with van der Waals surface area (Å²) >= 11 is 5.75. The van der Waals surface area contributed by atoms with Gasteiger partial charge < -0.3 is 14.6 Å². The molecule has 0 fully saturated rings. The van der Waals surface area contributed by atoms with E-state index in [9.17, 15) is 9.50 Å². The molecule has 1 aliphatic heterocycles. The van der Waals surface area contributed by atoms with Gasteiger partial charge >= 0.3 is 0 Å². The predicted molar refractivity (Wildman–Crippen MR) is 77.5 cm³/mol. The quantitative estimate of drug-likeness (QED) is 0.919. The molecule has 2 aromatic rings. The highest BCUT2D eigenvalue weighted by molar-refractivity contribution is 6.30. The molecule has 110 valence electrons. The Hall–Kier alpha value is -1.78. The highest BCUT2D eigenvalue weighted by Gasteiger charge is 2.19. The van der Waals surface area contributed by atoms with Gasteiger partial charge in [-0.25, -0.2) is 4.39 Å². The van der Waals surface area contributed by atoms with Crippen molar-refractivity contribution in [3.8, 4) is 11.5 Å². The Bertz CT molecular complexity index is 660. The van der Waals surface area contributed by atoms with Gasteiger partial charge in [0.05, 0.1) is 18.2 Å². The zero-order valence-electron chi connectivity index (χ0n) is 11.2. The molecule has 3 nitrogen and oxygen atoms in total. The van der Waals surface area contributed by atoms with Crippen molar-refractivity contribution in [3.63, 3.8) is 0 Å². The third-order valence-corrected chi connectivity index (χ3v) is 3.66. The fraction of sp³-hybridized carbons (Fsp3) is 0.250. The van der Waals surface area contributed by atoms with E-state index in [1.54, 1.807) is 24.3 Å². The van der Waals surface area contributed by atoms with Crippen LogP contribution >= 0.6 is 11.6 Å². The first kappa shape index (κ1) is 14.2. The maximum Gasteiger partial charge on any atom is 0.161 e. The van der Waals surface area contributed by atoms with Gasteiger partial charge in [-0.05, 0) is 23.8 Å². The summed E-state index contributed by atoms with van der Waals surface area (Å²) in [4.78, 5) is 0. The maximum absolute atomic E-state index is 14.0. The van der Waals surface area contributed by atoms with Gasteiger partial charge in [0.25, 0.3) is 0 Å². The number of aliphatic hydroxyl groups excluding tert-OH is 1. The fourth-order valence-electron chi connectivity index (χ4n) is 2.26. The van der Waals surface area contributed by atoms with Crippen LogP contribution in [0.4, 0.5) is 4.39 Å². The van der Waals surface area contributed by atoms with Crippen molar-refractivity contribution < 1.29 is 19.0 Å². The van der Waals surface area contributed by atoms with E-state index in [0.29, 0.717) is 30.3 Å². The van der Waals surface area contributed by atoms with Crippen molar-refractivity contribution in [2.24, 2.45) is 0 Å². The Morgan fingerprint density at radius 2 is 1.86 bits per heavy atom. The molecule has 0 aromatic heterocycles. The molecule has 0 amide bonds. The van der Waals surface area contributed by atoms with Crippen LogP contribution in [-0.4, -0.2) is 18.3 Å². The van der Waals surface area contributed by atoms with Crippen LogP contribution in [-0.2, 0) is 0 Å². The van der Waals surface area contributed by atoms with E-state index < -0.39 is 11.9 Å². The first-order valence-corrected chi connectivity index (χ1v) is 7.06. The second-order valence-corrected chi connectivity index (χ2v) is 5.21. The van der Waals surface area contributed by atoms with Gasteiger partial charge in [-0.1, -0.05) is 29.8 Å². The van der Waals surface area contributed by atoms with E-state index in [2.05, 4.69) is 0 Å². The van der Waals surface area contributed by atoms with Crippen LogP contribution in [0.25, 0.3) is 0 Å². The molecule has 2 aromatic carbocycles. The Labute approximate surface area is 126 Å². The van der Waals surface area contributed by atoms with Gasteiger partial charge in [0.1, 0.15) is 11.9 Å². The van der Waals surface area contributed by atoms with Gasteiger partial charge in [0.2, 0.25) is 0 Å². The zero-order chi connectivity index (χ0) is 14.8. The number of hydrogen-bond donors (Lipinski definition) is 1. The second-order valence-electron chi connectivity index (χ2n) is 4.80. The summed E-state index contributed by atoms with van der Waals surface area (Å²) in [5.74, 6) is 0.584. The number of hydrogen-bond acceptors (Lipinski definition) is 3. The Kier molecular flexibility index (Phi) is 3.99. The minimum atomic E-state index is -1.11. The molecule has 0 saturated carbocycles. The molecule has 3 rings (SSSR count). The molecular formula is C16H14ClFO3.